The van der Waals surface area contributed by atoms with Crippen LogP contribution in [0.25, 0.3) is 5.70 Å². The van der Waals surface area contributed by atoms with Crippen molar-refractivity contribution in [2.45, 2.75) is 27.2 Å². The lowest BCUT2D eigenvalue weighted by atomic mass is 10.1. The number of anilines is 2. The highest BCUT2D eigenvalue weighted by molar-refractivity contribution is 5.82. The first-order chi connectivity index (χ1) is 14.2. The molecule has 0 saturated heterocycles. The summed E-state index contributed by atoms with van der Waals surface area (Å²) in [5.41, 5.74) is 7.39. The molecule has 3 aromatic rings. The molecule has 0 radical (unpaired) electrons. The number of rotatable bonds is 6. The lowest BCUT2D eigenvalue weighted by Crippen LogP contribution is -2.20. The van der Waals surface area contributed by atoms with E-state index in [1.807, 2.05) is 111 Å². The van der Waals surface area contributed by atoms with Crippen molar-refractivity contribution in [2.24, 2.45) is 5.84 Å². The molecule has 0 atom stereocenters. The van der Waals surface area contributed by atoms with Gasteiger partial charge >= 0.3 is 0 Å². The third-order valence-corrected chi connectivity index (χ3v) is 3.69. The summed E-state index contributed by atoms with van der Waals surface area (Å²) in [6.45, 7) is 5.77. The first-order valence-corrected chi connectivity index (χ1v) is 9.82. The standard InChI is InChI=1S/C12H11N.C11H15N3.C2H6/c1-3-7-11(8-4-1)13-12-9-5-2-6-10-12;1-9(12)7-8-11(14-13)10-5-3-2-4-6-10;1-2/h1-10,13H;2-6,8,12,14H,7,13H2,1H3;1-2H3/b;11-8-,12-9?;. The third kappa shape index (κ3) is 9.94. The number of hydrogen-bond acceptors (Lipinski definition) is 4. The van der Waals surface area contributed by atoms with Crippen molar-refractivity contribution in [3.05, 3.63) is 103 Å². The zero-order chi connectivity index (χ0) is 21.3. The summed E-state index contributed by atoms with van der Waals surface area (Å²) in [7, 11) is 0. The summed E-state index contributed by atoms with van der Waals surface area (Å²) in [6.07, 6.45) is 2.53. The van der Waals surface area contributed by atoms with E-state index >= 15 is 0 Å². The minimum Gasteiger partial charge on any atom is -0.356 e. The number of nitrogens with two attached hydrogens (primary N) is 1. The molecular weight excluding hydrogens is 356 g/mol. The summed E-state index contributed by atoms with van der Waals surface area (Å²) in [5, 5.41) is 10.6. The fraction of sp³-hybridized carbons (Fsp3) is 0.160. The van der Waals surface area contributed by atoms with E-state index in [1.54, 1.807) is 6.92 Å². The van der Waals surface area contributed by atoms with Crippen LogP contribution in [0.3, 0.4) is 0 Å². The smallest absolute Gasteiger partial charge is 0.0521 e. The molecule has 4 nitrogen and oxygen atoms in total. The highest BCUT2D eigenvalue weighted by Gasteiger charge is 1.97. The predicted octanol–water partition coefficient (Wildman–Crippen LogP) is 6.38. The molecule has 3 aromatic carbocycles. The summed E-state index contributed by atoms with van der Waals surface area (Å²) >= 11 is 0. The Hall–Kier alpha value is -3.37. The van der Waals surface area contributed by atoms with Gasteiger partial charge in [-0.3, -0.25) is 5.84 Å². The highest BCUT2D eigenvalue weighted by atomic mass is 15.2. The van der Waals surface area contributed by atoms with Crippen LogP contribution in [0.4, 0.5) is 11.4 Å². The van der Waals surface area contributed by atoms with Gasteiger partial charge in [-0.1, -0.05) is 86.7 Å². The van der Waals surface area contributed by atoms with Gasteiger partial charge in [-0.05, 0) is 36.8 Å². The van der Waals surface area contributed by atoms with Crippen LogP contribution in [0.15, 0.2) is 97.1 Å². The van der Waals surface area contributed by atoms with Gasteiger partial charge < -0.3 is 16.2 Å². The molecule has 0 unspecified atom stereocenters. The molecule has 0 aliphatic carbocycles. The average Bonchev–Trinajstić information content (AvgIpc) is 2.78. The maximum atomic E-state index is 7.31. The Labute approximate surface area is 175 Å². The van der Waals surface area contributed by atoms with Crippen LogP contribution in [0.5, 0.6) is 0 Å². The summed E-state index contributed by atoms with van der Waals surface area (Å²) in [5.74, 6) is 5.40. The number of nitrogens with one attached hydrogen (secondary N) is 3. The summed E-state index contributed by atoms with van der Waals surface area (Å²) < 4.78 is 0. The van der Waals surface area contributed by atoms with E-state index in [0.717, 1.165) is 22.6 Å². The van der Waals surface area contributed by atoms with Crippen molar-refractivity contribution in [3.63, 3.8) is 0 Å². The first kappa shape index (κ1) is 23.7. The molecule has 0 aliphatic rings. The SMILES string of the molecule is CC.CC(=N)C/C=C(\NN)c1ccccc1.c1ccc(Nc2ccccc2)cc1. The molecule has 152 valence electrons. The van der Waals surface area contributed by atoms with E-state index in [4.69, 9.17) is 11.3 Å². The fourth-order valence-corrected chi connectivity index (χ4v) is 2.34. The van der Waals surface area contributed by atoms with Crippen LogP contribution in [-0.4, -0.2) is 5.71 Å². The van der Waals surface area contributed by atoms with Gasteiger partial charge in [-0.15, -0.1) is 0 Å². The van der Waals surface area contributed by atoms with Crippen LogP contribution < -0.4 is 16.6 Å². The Morgan fingerprint density at radius 3 is 1.59 bits per heavy atom. The maximum absolute atomic E-state index is 7.31. The number of hydrogen-bond donors (Lipinski definition) is 4. The van der Waals surface area contributed by atoms with Gasteiger partial charge in [0.2, 0.25) is 0 Å². The Morgan fingerprint density at radius 2 is 1.21 bits per heavy atom. The van der Waals surface area contributed by atoms with Crippen molar-refractivity contribution in [2.75, 3.05) is 5.32 Å². The quantitative estimate of drug-likeness (QED) is 0.225. The zero-order valence-corrected chi connectivity index (χ0v) is 17.5. The Balaban J connectivity index is 0.000000268. The van der Waals surface area contributed by atoms with Gasteiger partial charge in [-0.25, -0.2) is 0 Å². The molecule has 0 saturated carbocycles. The predicted molar refractivity (Wildman–Crippen MR) is 127 cm³/mol. The van der Waals surface area contributed by atoms with Gasteiger partial charge in [0, 0.05) is 23.5 Å². The fourth-order valence-electron chi connectivity index (χ4n) is 2.34. The van der Waals surface area contributed by atoms with Gasteiger partial charge in [-0.2, -0.15) is 0 Å². The minimum absolute atomic E-state index is 0.619. The van der Waals surface area contributed by atoms with Crippen LogP contribution in [0, 0.1) is 5.41 Å². The van der Waals surface area contributed by atoms with E-state index in [9.17, 15) is 0 Å². The van der Waals surface area contributed by atoms with Crippen molar-refractivity contribution < 1.29 is 0 Å². The van der Waals surface area contributed by atoms with Crippen molar-refractivity contribution in [1.82, 2.24) is 5.43 Å². The average molecular weight is 389 g/mol. The van der Waals surface area contributed by atoms with Gasteiger partial charge in [0.1, 0.15) is 0 Å². The van der Waals surface area contributed by atoms with E-state index in [0.29, 0.717) is 12.1 Å². The molecule has 0 fully saturated rings. The van der Waals surface area contributed by atoms with E-state index in [1.165, 1.54) is 0 Å². The number of allylic oxidation sites excluding steroid dienone is 1. The first-order valence-electron chi connectivity index (χ1n) is 9.82. The Bertz CT molecular complexity index is 791. The topological polar surface area (TPSA) is 73.9 Å². The zero-order valence-electron chi connectivity index (χ0n) is 17.5. The second-order valence-electron chi connectivity index (χ2n) is 5.97. The Morgan fingerprint density at radius 1 is 0.793 bits per heavy atom. The molecule has 0 spiro atoms. The molecule has 3 rings (SSSR count). The summed E-state index contributed by atoms with van der Waals surface area (Å²) in [4.78, 5) is 0. The van der Waals surface area contributed by atoms with Crippen LogP contribution in [0.2, 0.25) is 0 Å². The van der Waals surface area contributed by atoms with Crippen molar-refractivity contribution in [3.8, 4) is 0 Å². The second kappa shape index (κ2) is 14.7. The van der Waals surface area contributed by atoms with Crippen LogP contribution in [0.1, 0.15) is 32.8 Å². The highest BCUT2D eigenvalue weighted by Crippen LogP contribution is 2.14. The third-order valence-electron chi connectivity index (χ3n) is 3.69. The van der Waals surface area contributed by atoms with E-state index in [-0.39, 0.29) is 0 Å². The van der Waals surface area contributed by atoms with Gasteiger partial charge in [0.15, 0.2) is 0 Å². The van der Waals surface area contributed by atoms with E-state index < -0.39 is 0 Å². The molecule has 0 bridgehead atoms. The van der Waals surface area contributed by atoms with Crippen LogP contribution in [-0.2, 0) is 0 Å². The molecule has 0 aromatic heterocycles. The minimum atomic E-state index is 0.619. The second-order valence-corrected chi connectivity index (χ2v) is 5.97. The molecule has 0 heterocycles. The molecule has 4 heteroatoms. The van der Waals surface area contributed by atoms with E-state index in [2.05, 4.69) is 10.7 Å². The van der Waals surface area contributed by atoms with Gasteiger partial charge in [0.25, 0.3) is 0 Å². The van der Waals surface area contributed by atoms with Crippen LogP contribution >= 0.6 is 0 Å². The largest absolute Gasteiger partial charge is 0.356 e. The normalized spacial score (nSPS) is 9.86. The maximum Gasteiger partial charge on any atom is 0.0521 e. The molecular formula is C25H32N4. The lowest BCUT2D eigenvalue weighted by Gasteiger charge is -2.06. The monoisotopic (exact) mass is 388 g/mol. The number of benzene rings is 3. The molecule has 5 N–H and O–H groups in total. The molecule has 0 aliphatic heterocycles. The van der Waals surface area contributed by atoms with Crippen molar-refractivity contribution in [1.29, 1.82) is 5.41 Å². The summed E-state index contributed by atoms with van der Waals surface area (Å²) in [6, 6.07) is 30.1. The lowest BCUT2D eigenvalue weighted by molar-refractivity contribution is 0.986. The number of para-hydroxylation sites is 2. The van der Waals surface area contributed by atoms with Crippen molar-refractivity contribution >= 4 is 22.8 Å². The number of hydrazine groups is 1. The molecule has 29 heavy (non-hydrogen) atoms. The van der Waals surface area contributed by atoms with Gasteiger partial charge in [0.05, 0.1) is 5.70 Å². The molecule has 0 amide bonds. The Kier molecular flexibility index (Phi) is 12.0.